The summed E-state index contributed by atoms with van der Waals surface area (Å²) in [4.78, 5) is 11.2. The van der Waals surface area contributed by atoms with E-state index in [2.05, 4.69) is 10.1 Å². The summed E-state index contributed by atoms with van der Waals surface area (Å²) < 4.78 is 9.79. The maximum Gasteiger partial charge on any atom is 0.309 e. The minimum atomic E-state index is -0.192. The van der Waals surface area contributed by atoms with Crippen molar-refractivity contribution in [3.05, 3.63) is 29.8 Å². The third-order valence-electron chi connectivity index (χ3n) is 2.52. The Balaban J connectivity index is 2.37. The zero-order chi connectivity index (χ0) is 12.7. The van der Waals surface area contributed by atoms with Crippen molar-refractivity contribution in [2.24, 2.45) is 5.92 Å². The normalized spacial score (nSPS) is 11.9. The molecule has 17 heavy (non-hydrogen) atoms. The standard InChI is InChI=1S/C13H19NO3/c1-10(13(15)17-3)8-14-9-11-5-4-6-12(7-11)16-2/h4-7,10,14H,8-9H2,1-3H3. The van der Waals surface area contributed by atoms with Crippen LogP contribution in [0.25, 0.3) is 0 Å². The fraction of sp³-hybridized carbons (Fsp3) is 0.462. The van der Waals surface area contributed by atoms with Crippen LogP contribution < -0.4 is 10.1 Å². The van der Waals surface area contributed by atoms with E-state index in [0.717, 1.165) is 11.3 Å². The smallest absolute Gasteiger partial charge is 0.309 e. The summed E-state index contributed by atoms with van der Waals surface area (Å²) in [6.45, 7) is 3.15. The van der Waals surface area contributed by atoms with Crippen LogP contribution in [0.15, 0.2) is 24.3 Å². The molecule has 1 unspecified atom stereocenters. The molecule has 1 atom stereocenters. The number of methoxy groups -OCH3 is 2. The first-order valence-electron chi connectivity index (χ1n) is 5.59. The molecule has 94 valence electrons. The van der Waals surface area contributed by atoms with Gasteiger partial charge in [0, 0.05) is 13.1 Å². The molecule has 1 N–H and O–H groups in total. The van der Waals surface area contributed by atoms with Crippen LogP contribution in [0.5, 0.6) is 5.75 Å². The number of carbonyl (C=O) groups excluding carboxylic acids is 1. The number of ether oxygens (including phenoxy) is 2. The summed E-state index contributed by atoms with van der Waals surface area (Å²) in [5.74, 6) is 0.513. The van der Waals surface area contributed by atoms with Gasteiger partial charge in [-0.15, -0.1) is 0 Å². The van der Waals surface area contributed by atoms with Crippen LogP contribution in [0.4, 0.5) is 0 Å². The highest BCUT2D eigenvalue weighted by atomic mass is 16.5. The first-order valence-corrected chi connectivity index (χ1v) is 5.59. The van der Waals surface area contributed by atoms with E-state index in [1.54, 1.807) is 7.11 Å². The molecule has 0 saturated heterocycles. The van der Waals surface area contributed by atoms with Gasteiger partial charge in [-0.05, 0) is 17.7 Å². The SMILES string of the molecule is COC(=O)C(C)CNCc1cccc(OC)c1. The van der Waals surface area contributed by atoms with E-state index < -0.39 is 0 Å². The van der Waals surface area contributed by atoms with Gasteiger partial charge in [0.05, 0.1) is 20.1 Å². The van der Waals surface area contributed by atoms with Crippen molar-refractivity contribution in [1.29, 1.82) is 0 Å². The highest BCUT2D eigenvalue weighted by molar-refractivity contribution is 5.72. The molecular formula is C13H19NO3. The molecule has 0 fully saturated rings. The minimum Gasteiger partial charge on any atom is -0.497 e. The van der Waals surface area contributed by atoms with Crippen LogP contribution in [-0.4, -0.2) is 26.7 Å². The van der Waals surface area contributed by atoms with Gasteiger partial charge in [-0.25, -0.2) is 0 Å². The van der Waals surface area contributed by atoms with Crippen molar-refractivity contribution in [1.82, 2.24) is 5.32 Å². The first kappa shape index (κ1) is 13.5. The van der Waals surface area contributed by atoms with Crippen LogP contribution in [0.2, 0.25) is 0 Å². The fourth-order valence-electron chi connectivity index (χ4n) is 1.50. The van der Waals surface area contributed by atoms with Crippen molar-refractivity contribution >= 4 is 5.97 Å². The topological polar surface area (TPSA) is 47.6 Å². The van der Waals surface area contributed by atoms with Crippen LogP contribution in [0, 0.1) is 5.92 Å². The van der Waals surface area contributed by atoms with Crippen LogP contribution in [0.3, 0.4) is 0 Å². The molecule has 0 aliphatic rings. The predicted molar refractivity (Wildman–Crippen MR) is 65.9 cm³/mol. The molecule has 0 saturated carbocycles. The lowest BCUT2D eigenvalue weighted by Crippen LogP contribution is -2.26. The van der Waals surface area contributed by atoms with Crippen molar-refractivity contribution in [2.45, 2.75) is 13.5 Å². The van der Waals surface area contributed by atoms with Gasteiger partial charge in [0.1, 0.15) is 5.75 Å². The minimum absolute atomic E-state index is 0.134. The first-order chi connectivity index (χ1) is 8.17. The van der Waals surface area contributed by atoms with Crippen molar-refractivity contribution in [3.8, 4) is 5.75 Å². The molecule has 1 aromatic carbocycles. The third-order valence-corrected chi connectivity index (χ3v) is 2.52. The Morgan fingerprint density at radius 3 is 2.82 bits per heavy atom. The number of hydrogen-bond donors (Lipinski definition) is 1. The van der Waals surface area contributed by atoms with E-state index >= 15 is 0 Å². The molecule has 0 bridgehead atoms. The molecule has 4 heteroatoms. The monoisotopic (exact) mass is 237 g/mol. The fourth-order valence-corrected chi connectivity index (χ4v) is 1.50. The predicted octanol–water partition coefficient (Wildman–Crippen LogP) is 1.59. The van der Waals surface area contributed by atoms with E-state index in [1.165, 1.54) is 7.11 Å². The molecule has 0 heterocycles. The van der Waals surface area contributed by atoms with E-state index in [1.807, 2.05) is 31.2 Å². The van der Waals surface area contributed by atoms with E-state index in [-0.39, 0.29) is 11.9 Å². The Bertz CT molecular complexity index is 365. The summed E-state index contributed by atoms with van der Waals surface area (Å²) in [5.41, 5.74) is 1.13. The number of hydrogen-bond acceptors (Lipinski definition) is 4. The molecule has 4 nitrogen and oxygen atoms in total. The average Bonchev–Trinajstić information content (AvgIpc) is 2.37. The van der Waals surface area contributed by atoms with Crippen molar-refractivity contribution in [2.75, 3.05) is 20.8 Å². The molecule has 0 aliphatic heterocycles. The third kappa shape index (κ3) is 4.44. The van der Waals surface area contributed by atoms with Gasteiger partial charge in [-0.3, -0.25) is 4.79 Å². The number of nitrogens with one attached hydrogen (secondary N) is 1. The van der Waals surface area contributed by atoms with E-state index in [4.69, 9.17) is 4.74 Å². The molecular weight excluding hydrogens is 218 g/mol. The number of esters is 1. The summed E-state index contributed by atoms with van der Waals surface area (Å²) in [5, 5.41) is 3.21. The van der Waals surface area contributed by atoms with Gasteiger partial charge in [-0.2, -0.15) is 0 Å². The molecule has 0 aromatic heterocycles. The Morgan fingerprint density at radius 1 is 1.41 bits per heavy atom. The molecule has 0 amide bonds. The van der Waals surface area contributed by atoms with Gasteiger partial charge in [0.25, 0.3) is 0 Å². The van der Waals surface area contributed by atoms with Gasteiger partial charge in [0.2, 0.25) is 0 Å². The molecule has 1 rings (SSSR count). The maximum atomic E-state index is 11.2. The summed E-state index contributed by atoms with van der Waals surface area (Å²) in [7, 11) is 3.05. The lowest BCUT2D eigenvalue weighted by molar-refractivity contribution is -0.144. The van der Waals surface area contributed by atoms with Crippen LogP contribution in [0.1, 0.15) is 12.5 Å². The van der Waals surface area contributed by atoms with E-state index in [9.17, 15) is 4.79 Å². The largest absolute Gasteiger partial charge is 0.497 e. The Hall–Kier alpha value is -1.55. The molecule has 0 aliphatic carbocycles. The number of rotatable bonds is 6. The van der Waals surface area contributed by atoms with Crippen LogP contribution in [-0.2, 0) is 16.1 Å². The second-order valence-electron chi connectivity index (χ2n) is 3.91. The van der Waals surface area contributed by atoms with Gasteiger partial charge in [0.15, 0.2) is 0 Å². The zero-order valence-corrected chi connectivity index (χ0v) is 10.5. The second kappa shape index (κ2) is 6.91. The summed E-state index contributed by atoms with van der Waals surface area (Å²) >= 11 is 0. The number of benzene rings is 1. The summed E-state index contributed by atoms with van der Waals surface area (Å²) in [6.07, 6.45) is 0. The average molecular weight is 237 g/mol. The molecule has 1 aromatic rings. The Kier molecular flexibility index (Phi) is 5.49. The maximum absolute atomic E-state index is 11.2. The van der Waals surface area contributed by atoms with Gasteiger partial charge in [-0.1, -0.05) is 19.1 Å². The zero-order valence-electron chi connectivity index (χ0n) is 10.5. The Morgan fingerprint density at radius 2 is 2.18 bits per heavy atom. The molecule has 0 radical (unpaired) electrons. The van der Waals surface area contributed by atoms with E-state index in [0.29, 0.717) is 13.1 Å². The highest BCUT2D eigenvalue weighted by Gasteiger charge is 2.11. The van der Waals surface area contributed by atoms with Crippen LogP contribution >= 0.6 is 0 Å². The second-order valence-corrected chi connectivity index (χ2v) is 3.91. The highest BCUT2D eigenvalue weighted by Crippen LogP contribution is 2.12. The number of carbonyl (C=O) groups is 1. The lowest BCUT2D eigenvalue weighted by atomic mass is 10.1. The van der Waals surface area contributed by atoms with Crippen molar-refractivity contribution in [3.63, 3.8) is 0 Å². The van der Waals surface area contributed by atoms with Crippen molar-refractivity contribution < 1.29 is 14.3 Å². The quantitative estimate of drug-likeness (QED) is 0.763. The summed E-state index contributed by atoms with van der Waals surface area (Å²) in [6, 6.07) is 7.83. The lowest BCUT2D eigenvalue weighted by Gasteiger charge is -2.10. The van der Waals surface area contributed by atoms with Gasteiger partial charge >= 0.3 is 5.97 Å². The van der Waals surface area contributed by atoms with Gasteiger partial charge < -0.3 is 14.8 Å². The Labute approximate surface area is 102 Å². The molecule has 0 spiro atoms.